The van der Waals surface area contributed by atoms with E-state index in [1.54, 1.807) is 43.4 Å². The Bertz CT molecular complexity index is 759. The smallest absolute Gasteiger partial charge is 0.263 e. The van der Waals surface area contributed by atoms with Crippen LogP contribution in [0.25, 0.3) is 0 Å². The zero-order valence-corrected chi connectivity index (χ0v) is 15.4. The molecule has 0 amide bonds. The summed E-state index contributed by atoms with van der Waals surface area (Å²) in [6.07, 6.45) is 0. The Morgan fingerprint density at radius 3 is 2.10 bits per heavy atom. The predicted molar refractivity (Wildman–Crippen MR) is 93.4 cm³/mol. The molecule has 0 aliphatic heterocycles. The first-order chi connectivity index (χ1) is 9.83. The summed E-state index contributed by atoms with van der Waals surface area (Å²) in [6, 6.07) is 10.4. The fraction of sp³-hybridized carbons (Fsp3) is 0.143. The van der Waals surface area contributed by atoms with Gasteiger partial charge in [-0.3, -0.25) is 4.72 Å². The maximum absolute atomic E-state index is 12.5. The van der Waals surface area contributed by atoms with Gasteiger partial charge < -0.3 is 5.32 Å². The molecule has 0 saturated heterocycles. The minimum Gasteiger partial charge on any atom is -0.388 e. The van der Waals surface area contributed by atoms with E-state index in [-0.39, 0.29) is 4.90 Å². The summed E-state index contributed by atoms with van der Waals surface area (Å²) in [6.45, 7) is 1.90. The number of rotatable bonds is 4. The minimum absolute atomic E-state index is 0.192. The average Bonchev–Trinajstić information content (AvgIpc) is 2.43. The van der Waals surface area contributed by atoms with Crippen LogP contribution in [0.1, 0.15) is 5.56 Å². The Morgan fingerprint density at radius 1 is 0.952 bits per heavy atom. The summed E-state index contributed by atoms with van der Waals surface area (Å²) < 4.78 is 28.8. The topological polar surface area (TPSA) is 58.2 Å². The van der Waals surface area contributed by atoms with Crippen LogP contribution in [0.3, 0.4) is 0 Å². The number of sulfonamides is 1. The van der Waals surface area contributed by atoms with Gasteiger partial charge in [0.1, 0.15) is 4.90 Å². The van der Waals surface area contributed by atoms with Gasteiger partial charge in [-0.25, -0.2) is 8.42 Å². The number of hydrogen-bond acceptors (Lipinski definition) is 3. The van der Waals surface area contributed by atoms with E-state index in [2.05, 4.69) is 41.9 Å². The molecule has 0 saturated carbocycles. The van der Waals surface area contributed by atoms with Crippen LogP contribution in [-0.4, -0.2) is 15.5 Å². The van der Waals surface area contributed by atoms with Crippen LogP contribution in [0, 0.1) is 6.92 Å². The van der Waals surface area contributed by atoms with Gasteiger partial charge in [-0.05, 0) is 64.8 Å². The number of nitrogens with one attached hydrogen (secondary N) is 2. The Balaban J connectivity index is 2.35. The average molecular weight is 434 g/mol. The van der Waals surface area contributed by atoms with Crippen LogP contribution in [0.15, 0.2) is 50.2 Å². The van der Waals surface area contributed by atoms with Crippen molar-refractivity contribution in [3.63, 3.8) is 0 Å². The Labute approximate surface area is 141 Å². The lowest BCUT2D eigenvalue weighted by Crippen LogP contribution is -2.13. The lowest BCUT2D eigenvalue weighted by molar-refractivity contribution is 0.600. The van der Waals surface area contributed by atoms with E-state index < -0.39 is 10.0 Å². The highest BCUT2D eigenvalue weighted by Gasteiger charge is 2.19. The maximum Gasteiger partial charge on any atom is 0.263 e. The molecule has 2 rings (SSSR count). The van der Waals surface area contributed by atoms with Crippen molar-refractivity contribution < 1.29 is 8.42 Å². The summed E-state index contributed by atoms with van der Waals surface area (Å²) in [5, 5.41) is 2.98. The second-order valence-corrected chi connectivity index (χ2v) is 7.82. The molecule has 2 aromatic carbocycles. The third kappa shape index (κ3) is 3.78. The second-order valence-electron chi connectivity index (χ2n) is 4.46. The number of anilines is 2. The summed E-state index contributed by atoms with van der Waals surface area (Å²) in [4.78, 5) is 0.192. The van der Waals surface area contributed by atoms with E-state index >= 15 is 0 Å². The highest BCUT2D eigenvalue weighted by molar-refractivity contribution is 9.11. The van der Waals surface area contributed by atoms with Crippen molar-refractivity contribution in [2.75, 3.05) is 17.1 Å². The van der Waals surface area contributed by atoms with Crippen molar-refractivity contribution in [3.8, 4) is 0 Å². The van der Waals surface area contributed by atoms with E-state index in [0.717, 1.165) is 15.7 Å². The molecule has 0 unspecified atom stereocenters. The van der Waals surface area contributed by atoms with Crippen molar-refractivity contribution in [2.45, 2.75) is 11.8 Å². The van der Waals surface area contributed by atoms with E-state index in [1.807, 2.05) is 6.92 Å². The molecule has 0 atom stereocenters. The number of halogens is 2. The second kappa shape index (κ2) is 6.37. The van der Waals surface area contributed by atoms with Gasteiger partial charge in [0, 0.05) is 27.4 Å². The van der Waals surface area contributed by atoms with Crippen LogP contribution < -0.4 is 10.0 Å². The van der Waals surface area contributed by atoms with Crippen LogP contribution >= 0.6 is 31.9 Å². The molecule has 2 aromatic rings. The molecule has 7 heteroatoms. The molecule has 0 fully saturated rings. The molecule has 4 nitrogen and oxygen atoms in total. The molecular formula is C14H14Br2N2O2S. The third-order valence-electron chi connectivity index (χ3n) is 2.93. The standard InChI is InChI=1S/C14H14Br2N2O2S/c1-9-7-13(16)14(8-12(9)15)21(19,20)18-11-5-3-10(17-2)4-6-11/h3-8,17-18H,1-2H3. The number of aryl methyl sites for hydroxylation is 1. The molecule has 21 heavy (non-hydrogen) atoms. The molecule has 0 aromatic heterocycles. The van der Waals surface area contributed by atoms with E-state index in [0.29, 0.717) is 10.2 Å². The fourth-order valence-corrected chi connectivity index (χ4v) is 4.49. The van der Waals surface area contributed by atoms with Crippen LogP contribution in [-0.2, 0) is 10.0 Å². The summed E-state index contributed by atoms with van der Waals surface area (Å²) >= 11 is 6.66. The molecule has 112 valence electrons. The maximum atomic E-state index is 12.5. The van der Waals surface area contributed by atoms with Crippen LogP contribution in [0.2, 0.25) is 0 Å². The first-order valence-corrected chi connectivity index (χ1v) is 9.16. The first kappa shape index (κ1) is 16.3. The fourth-order valence-electron chi connectivity index (χ4n) is 1.75. The van der Waals surface area contributed by atoms with E-state index in [4.69, 9.17) is 0 Å². The molecule has 0 aliphatic rings. The van der Waals surface area contributed by atoms with Crippen molar-refractivity contribution in [3.05, 3.63) is 50.9 Å². The van der Waals surface area contributed by atoms with Crippen molar-refractivity contribution in [1.29, 1.82) is 0 Å². The van der Waals surface area contributed by atoms with Gasteiger partial charge >= 0.3 is 0 Å². The highest BCUT2D eigenvalue weighted by atomic mass is 79.9. The van der Waals surface area contributed by atoms with Gasteiger partial charge in [-0.2, -0.15) is 0 Å². The van der Waals surface area contributed by atoms with Crippen molar-refractivity contribution in [2.24, 2.45) is 0 Å². The van der Waals surface area contributed by atoms with Crippen LogP contribution in [0.5, 0.6) is 0 Å². The van der Waals surface area contributed by atoms with Gasteiger partial charge in [-0.1, -0.05) is 15.9 Å². The number of benzene rings is 2. The normalized spacial score (nSPS) is 11.2. The monoisotopic (exact) mass is 432 g/mol. The zero-order chi connectivity index (χ0) is 15.6. The van der Waals surface area contributed by atoms with Crippen LogP contribution in [0.4, 0.5) is 11.4 Å². The SMILES string of the molecule is CNc1ccc(NS(=O)(=O)c2cc(Br)c(C)cc2Br)cc1. The molecule has 0 heterocycles. The Morgan fingerprint density at radius 2 is 1.52 bits per heavy atom. The van der Waals surface area contributed by atoms with E-state index in [9.17, 15) is 8.42 Å². The first-order valence-electron chi connectivity index (χ1n) is 6.10. The molecule has 0 radical (unpaired) electrons. The third-order valence-corrected chi connectivity index (χ3v) is 6.12. The largest absolute Gasteiger partial charge is 0.388 e. The molecular weight excluding hydrogens is 420 g/mol. The molecule has 0 bridgehead atoms. The Hall–Kier alpha value is -1.05. The van der Waals surface area contributed by atoms with Crippen molar-refractivity contribution in [1.82, 2.24) is 0 Å². The molecule has 0 aliphatic carbocycles. The van der Waals surface area contributed by atoms with E-state index in [1.165, 1.54) is 0 Å². The Kier molecular flexibility index (Phi) is 4.95. The minimum atomic E-state index is -3.65. The lowest BCUT2D eigenvalue weighted by atomic mass is 10.2. The molecule has 2 N–H and O–H groups in total. The van der Waals surface area contributed by atoms with Gasteiger partial charge in [-0.15, -0.1) is 0 Å². The molecule has 0 spiro atoms. The van der Waals surface area contributed by atoms with Gasteiger partial charge in [0.2, 0.25) is 0 Å². The van der Waals surface area contributed by atoms with Crippen molar-refractivity contribution >= 4 is 53.3 Å². The highest BCUT2D eigenvalue weighted by Crippen LogP contribution is 2.30. The lowest BCUT2D eigenvalue weighted by Gasteiger charge is -2.11. The summed E-state index contributed by atoms with van der Waals surface area (Å²) in [7, 11) is -1.84. The quantitative estimate of drug-likeness (QED) is 0.752. The zero-order valence-electron chi connectivity index (χ0n) is 11.4. The summed E-state index contributed by atoms with van der Waals surface area (Å²) in [5.41, 5.74) is 2.38. The van der Waals surface area contributed by atoms with Gasteiger partial charge in [0.15, 0.2) is 0 Å². The predicted octanol–water partition coefficient (Wildman–Crippen LogP) is 4.36. The van der Waals surface area contributed by atoms with Gasteiger partial charge in [0.25, 0.3) is 10.0 Å². The number of hydrogen-bond donors (Lipinski definition) is 2. The van der Waals surface area contributed by atoms with Gasteiger partial charge in [0.05, 0.1) is 0 Å². The summed E-state index contributed by atoms with van der Waals surface area (Å²) in [5.74, 6) is 0.